The predicted molar refractivity (Wildman–Crippen MR) is 141 cm³/mol. The van der Waals surface area contributed by atoms with Crippen molar-refractivity contribution in [3.63, 3.8) is 0 Å². The molecule has 0 radical (unpaired) electrons. The third-order valence-corrected chi connectivity index (χ3v) is 9.23. The lowest BCUT2D eigenvalue weighted by molar-refractivity contribution is 0.0983. The molecule has 0 unspecified atom stereocenters. The largest absolute Gasteiger partial charge is 0.302 e. The average Bonchev–Trinajstić information content (AvgIpc) is 3.27. The highest BCUT2D eigenvalue weighted by Crippen LogP contribution is 2.33. The van der Waals surface area contributed by atoms with E-state index in [-0.39, 0.29) is 10.8 Å². The first-order chi connectivity index (χ1) is 16.3. The second-order valence-corrected chi connectivity index (χ2v) is 11.0. The number of nitrogens with zero attached hydrogens (tertiary/aromatic N) is 4. The van der Waals surface area contributed by atoms with Gasteiger partial charge in [0.1, 0.15) is 5.52 Å². The molecule has 1 heterocycles. The number of rotatable bonds is 11. The lowest BCUT2D eigenvalue weighted by Gasteiger charge is -2.25. The maximum Gasteiger partial charge on any atom is 0.260 e. The van der Waals surface area contributed by atoms with Crippen molar-refractivity contribution in [2.75, 3.05) is 44.2 Å². The van der Waals surface area contributed by atoms with E-state index in [2.05, 4.69) is 23.7 Å². The zero-order chi connectivity index (χ0) is 24.9. The molecule has 184 valence electrons. The number of thiazole rings is 1. The van der Waals surface area contributed by atoms with Gasteiger partial charge in [-0.25, -0.2) is 13.4 Å². The number of hydrogen-bond acceptors (Lipinski definition) is 6. The smallest absolute Gasteiger partial charge is 0.260 e. The number of carbonyl (C=O) groups is 1. The van der Waals surface area contributed by atoms with E-state index in [0.29, 0.717) is 47.4 Å². The Kier molecular flexibility index (Phi) is 9.06. The molecular formula is C24H31ClN4O3S2. The van der Waals surface area contributed by atoms with Crippen molar-refractivity contribution in [1.29, 1.82) is 0 Å². The molecule has 0 atom stereocenters. The maximum absolute atomic E-state index is 13.6. The lowest BCUT2D eigenvalue weighted by atomic mass is 10.2. The van der Waals surface area contributed by atoms with Crippen LogP contribution in [0.15, 0.2) is 47.4 Å². The predicted octanol–water partition coefficient (Wildman–Crippen LogP) is 4.97. The van der Waals surface area contributed by atoms with Crippen LogP contribution in [0.25, 0.3) is 10.2 Å². The Morgan fingerprint density at radius 1 is 0.941 bits per heavy atom. The molecule has 3 rings (SSSR count). The standard InChI is InChI=1S/C24H31ClN4O3S2/c1-5-27(6-2)16-17-29(24-26-22-20(25)10-9-11-21(22)33-24)23(30)18-12-14-19(15-13-18)34(31,32)28(7-3)8-4/h9-15H,5-8,16-17H2,1-4H3. The van der Waals surface area contributed by atoms with E-state index < -0.39 is 10.0 Å². The first kappa shape index (κ1) is 26.6. The quantitative estimate of drug-likeness (QED) is 0.355. The minimum Gasteiger partial charge on any atom is -0.302 e. The average molecular weight is 523 g/mol. The molecule has 1 aromatic heterocycles. The van der Waals surface area contributed by atoms with Crippen LogP contribution in [0.5, 0.6) is 0 Å². The van der Waals surface area contributed by atoms with Crippen molar-refractivity contribution < 1.29 is 13.2 Å². The maximum atomic E-state index is 13.6. The van der Waals surface area contributed by atoms with Crippen molar-refractivity contribution in [1.82, 2.24) is 14.2 Å². The number of para-hydroxylation sites is 1. The number of carbonyl (C=O) groups excluding carboxylic acids is 1. The van der Waals surface area contributed by atoms with Crippen LogP contribution in [-0.2, 0) is 10.0 Å². The number of fused-ring (bicyclic) bond motifs is 1. The molecule has 0 aliphatic rings. The fourth-order valence-corrected chi connectivity index (χ4v) is 6.47. The number of hydrogen-bond donors (Lipinski definition) is 0. The van der Waals surface area contributed by atoms with Gasteiger partial charge in [0.2, 0.25) is 10.0 Å². The van der Waals surface area contributed by atoms with Crippen LogP contribution in [0.4, 0.5) is 5.13 Å². The Bertz CT molecular complexity index is 1220. The molecule has 0 aliphatic heterocycles. The molecular weight excluding hydrogens is 492 g/mol. The minimum absolute atomic E-state index is 0.175. The van der Waals surface area contributed by atoms with Crippen LogP contribution in [0.1, 0.15) is 38.1 Å². The first-order valence-electron chi connectivity index (χ1n) is 11.5. The highest BCUT2D eigenvalue weighted by Gasteiger charge is 2.25. The molecule has 10 heteroatoms. The number of aromatic nitrogens is 1. The lowest BCUT2D eigenvalue weighted by Crippen LogP contribution is -2.39. The number of sulfonamides is 1. The number of amides is 1. The second-order valence-electron chi connectivity index (χ2n) is 7.68. The monoisotopic (exact) mass is 522 g/mol. The summed E-state index contributed by atoms with van der Waals surface area (Å²) in [7, 11) is -3.59. The molecule has 2 aromatic carbocycles. The van der Waals surface area contributed by atoms with Crippen LogP contribution in [0.3, 0.4) is 0 Å². The summed E-state index contributed by atoms with van der Waals surface area (Å²) in [6.45, 7) is 11.5. The molecule has 0 saturated heterocycles. The van der Waals surface area contributed by atoms with Gasteiger partial charge in [-0.1, -0.05) is 56.7 Å². The summed E-state index contributed by atoms with van der Waals surface area (Å²) in [5, 5.41) is 1.11. The Balaban J connectivity index is 1.95. The summed E-state index contributed by atoms with van der Waals surface area (Å²) in [6, 6.07) is 11.7. The summed E-state index contributed by atoms with van der Waals surface area (Å²) in [6.07, 6.45) is 0. The van der Waals surface area contributed by atoms with Crippen LogP contribution < -0.4 is 4.90 Å². The Hall–Kier alpha value is -2.04. The van der Waals surface area contributed by atoms with E-state index in [1.807, 2.05) is 12.1 Å². The molecule has 0 aliphatic carbocycles. The Morgan fingerprint density at radius 3 is 2.15 bits per heavy atom. The highest BCUT2D eigenvalue weighted by molar-refractivity contribution is 7.89. The van der Waals surface area contributed by atoms with E-state index in [9.17, 15) is 13.2 Å². The van der Waals surface area contributed by atoms with Gasteiger partial charge in [0.05, 0.1) is 14.6 Å². The van der Waals surface area contributed by atoms with E-state index >= 15 is 0 Å². The summed E-state index contributed by atoms with van der Waals surface area (Å²) < 4.78 is 27.9. The summed E-state index contributed by atoms with van der Waals surface area (Å²) in [5.74, 6) is -0.228. The zero-order valence-electron chi connectivity index (χ0n) is 20.0. The van der Waals surface area contributed by atoms with Crippen molar-refractivity contribution in [3.05, 3.63) is 53.1 Å². The van der Waals surface area contributed by atoms with Gasteiger partial charge in [0.25, 0.3) is 5.91 Å². The number of halogens is 1. The molecule has 0 saturated carbocycles. The third kappa shape index (κ3) is 5.60. The molecule has 34 heavy (non-hydrogen) atoms. The van der Waals surface area contributed by atoms with E-state index in [4.69, 9.17) is 11.6 Å². The molecule has 0 fully saturated rings. The van der Waals surface area contributed by atoms with Crippen LogP contribution in [0, 0.1) is 0 Å². The van der Waals surface area contributed by atoms with Crippen molar-refractivity contribution >= 4 is 54.2 Å². The zero-order valence-corrected chi connectivity index (χ0v) is 22.4. The number of benzene rings is 2. The fraction of sp³-hybridized carbons (Fsp3) is 0.417. The molecule has 3 aromatic rings. The third-order valence-electron chi connectivity index (χ3n) is 5.81. The van der Waals surface area contributed by atoms with E-state index in [1.54, 1.807) is 36.9 Å². The van der Waals surface area contributed by atoms with Crippen molar-refractivity contribution in [2.24, 2.45) is 0 Å². The Labute approximate surface area is 211 Å². The molecule has 7 nitrogen and oxygen atoms in total. The topological polar surface area (TPSA) is 73.8 Å². The SMILES string of the molecule is CCN(CC)CCN(C(=O)c1ccc(S(=O)(=O)N(CC)CC)cc1)c1nc2c(Cl)cccc2s1. The van der Waals surface area contributed by atoms with Gasteiger partial charge in [-0.05, 0) is 49.5 Å². The molecule has 1 amide bonds. The first-order valence-corrected chi connectivity index (χ1v) is 14.1. The number of anilines is 1. The fourth-order valence-electron chi connectivity index (χ4n) is 3.72. The second kappa shape index (κ2) is 11.6. The van der Waals surface area contributed by atoms with Gasteiger partial charge in [-0.3, -0.25) is 9.69 Å². The highest BCUT2D eigenvalue weighted by atomic mass is 35.5. The van der Waals surface area contributed by atoms with Gasteiger partial charge in [-0.15, -0.1) is 0 Å². The molecule has 0 spiro atoms. The summed E-state index contributed by atoms with van der Waals surface area (Å²) in [4.78, 5) is 22.3. The van der Waals surface area contributed by atoms with Crippen LogP contribution >= 0.6 is 22.9 Å². The van der Waals surface area contributed by atoms with Crippen molar-refractivity contribution in [2.45, 2.75) is 32.6 Å². The molecule has 0 N–H and O–H groups in total. The van der Waals surface area contributed by atoms with Crippen molar-refractivity contribution in [3.8, 4) is 0 Å². The minimum atomic E-state index is -3.59. The van der Waals surface area contributed by atoms with E-state index in [0.717, 1.165) is 17.8 Å². The van der Waals surface area contributed by atoms with Gasteiger partial charge in [0, 0.05) is 31.7 Å². The van der Waals surface area contributed by atoms with Gasteiger partial charge < -0.3 is 4.90 Å². The number of likely N-dealkylation sites (N-methyl/N-ethyl adjacent to an activating group) is 1. The summed E-state index contributed by atoms with van der Waals surface area (Å²) in [5.41, 5.74) is 1.08. The van der Waals surface area contributed by atoms with Gasteiger partial charge in [0.15, 0.2) is 5.13 Å². The summed E-state index contributed by atoms with van der Waals surface area (Å²) >= 11 is 7.74. The Morgan fingerprint density at radius 2 is 1.59 bits per heavy atom. The van der Waals surface area contributed by atoms with Gasteiger partial charge >= 0.3 is 0 Å². The van der Waals surface area contributed by atoms with E-state index in [1.165, 1.54) is 27.8 Å². The van der Waals surface area contributed by atoms with Crippen LogP contribution in [-0.4, -0.2) is 67.8 Å². The van der Waals surface area contributed by atoms with Gasteiger partial charge in [-0.2, -0.15) is 4.31 Å². The molecule has 0 bridgehead atoms. The normalized spacial score (nSPS) is 12.1. The van der Waals surface area contributed by atoms with Crippen LogP contribution in [0.2, 0.25) is 5.02 Å².